The molecule has 0 aromatic heterocycles. The number of rotatable bonds is 7. The zero-order chi connectivity index (χ0) is 23.4. The minimum Gasteiger partial charge on any atom is -0.493 e. The molecular weight excluding hydrogens is 422 g/mol. The molecule has 1 aliphatic heterocycles. The molecule has 0 radical (unpaired) electrons. The van der Waals surface area contributed by atoms with Gasteiger partial charge in [-0.25, -0.2) is 0 Å². The van der Waals surface area contributed by atoms with Crippen LogP contribution in [0.5, 0.6) is 11.5 Å². The first-order chi connectivity index (χ1) is 16.0. The van der Waals surface area contributed by atoms with Crippen LogP contribution in [0.3, 0.4) is 0 Å². The van der Waals surface area contributed by atoms with E-state index in [1.165, 1.54) is 24.3 Å². The van der Waals surface area contributed by atoms with Crippen LogP contribution in [-0.4, -0.2) is 23.7 Å². The van der Waals surface area contributed by atoms with E-state index in [-0.39, 0.29) is 18.2 Å². The Bertz CT molecular complexity index is 1250. The van der Waals surface area contributed by atoms with E-state index in [2.05, 4.69) is 5.10 Å². The molecule has 0 saturated heterocycles. The van der Waals surface area contributed by atoms with Crippen molar-refractivity contribution in [2.24, 2.45) is 5.10 Å². The van der Waals surface area contributed by atoms with Gasteiger partial charge >= 0.3 is 0 Å². The van der Waals surface area contributed by atoms with E-state index < -0.39 is 4.92 Å². The van der Waals surface area contributed by atoms with Crippen molar-refractivity contribution >= 4 is 29.1 Å². The van der Waals surface area contributed by atoms with Crippen LogP contribution in [-0.2, 0) is 11.4 Å². The van der Waals surface area contributed by atoms with Crippen LogP contribution in [0.4, 0.5) is 11.4 Å². The summed E-state index contributed by atoms with van der Waals surface area (Å²) in [4.78, 5) is 23.5. The van der Waals surface area contributed by atoms with Crippen molar-refractivity contribution < 1.29 is 19.2 Å². The van der Waals surface area contributed by atoms with Gasteiger partial charge in [0.05, 0.1) is 29.0 Å². The number of nitrogens with zero attached hydrogens (tertiary/aromatic N) is 3. The van der Waals surface area contributed by atoms with Crippen LogP contribution in [0.2, 0.25) is 0 Å². The van der Waals surface area contributed by atoms with Gasteiger partial charge in [-0.15, -0.1) is 0 Å². The summed E-state index contributed by atoms with van der Waals surface area (Å²) in [6.07, 6.45) is 1.73. The third kappa shape index (κ3) is 4.59. The number of para-hydroxylation sites is 2. The second-order valence-corrected chi connectivity index (χ2v) is 7.29. The quantitative estimate of drug-likeness (QED) is 0.291. The van der Waals surface area contributed by atoms with Crippen molar-refractivity contribution in [3.63, 3.8) is 0 Å². The Balaban J connectivity index is 1.62. The highest BCUT2D eigenvalue weighted by molar-refractivity contribution is 6.32. The van der Waals surface area contributed by atoms with Gasteiger partial charge in [-0.05, 0) is 48.9 Å². The topological polar surface area (TPSA) is 94.3 Å². The molecule has 8 heteroatoms. The highest BCUT2D eigenvalue weighted by Gasteiger charge is 2.29. The first-order valence-corrected chi connectivity index (χ1v) is 10.2. The molecule has 4 rings (SSSR count). The van der Waals surface area contributed by atoms with Crippen LogP contribution in [0.25, 0.3) is 6.08 Å². The lowest BCUT2D eigenvalue weighted by atomic mass is 10.1. The number of carbonyl (C=O) groups is 1. The number of carbonyl (C=O) groups excluding carboxylic acids is 1. The van der Waals surface area contributed by atoms with Gasteiger partial charge in [0.2, 0.25) is 0 Å². The van der Waals surface area contributed by atoms with E-state index in [4.69, 9.17) is 9.47 Å². The fourth-order valence-electron chi connectivity index (χ4n) is 3.42. The van der Waals surface area contributed by atoms with Gasteiger partial charge in [-0.3, -0.25) is 14.9 Å². The molecule has 0 aliphatic carbocycles. The monoisotopic (exact) mass is 443 g/mol. The second kappa shape index (κ2) is 9.35. The minimum absolute atomic E-state index is 0.0129. The molecule has 0 unspecified atom stereocenters. The Labute approximate surface area is 190 Å². The van der Waals surface area contributed by atoms with E-state index in [1.807, 2.05) is 42.5 Å². The lowest BCUT2D eigenvalue weighted by molar-refractivity contribution is -0.384. The molecule has 1 aliphatic rings. The fraction of sp³-hybridized carbons (Fsp3) is 0.120. The van der Waals surface area contributed by atoms with Crippen LogP contribution in [0.1, 0.15) is 18.1 Å². The van der Waals surface area contributed by atoms with Crippen molar-refractivity contribution in [2.75, 3.05) is 12.1 Å². The third-order valence-corrected chi connectivity index (χ3v) is 5.12. The molecular formula is C25H21N3O5. The predicted molar refractivity (Wildman–Crippen MR) is 125 cm³/mol. The molecule has 3 aromatic carbocycles. The molecule has 0 N–H and O–H groups in total. The molecule has 0 fully saturated rings. The minimum atomic E-state index is -0.448. The van der Waals surface area contributed by atoms with Gasteiger partial charge in [0.15, 0.2) is 11.5 Å². The van der Waals surface area contributed by atoms with E-state index in [0.717, 1.165) is 5.56 Å². The highest BCUT2D eigenvalue weighted by Crippen LogP contribution is 2.35. The maximum atomic E-state index is 13.1. The summed E-state index contributed by atoms with van der Waals surface area (Å²) < 4.78 is 11.5. The molecule has 0 spiro atoms. The van der Waals surface area contributed by atoms with Crippen LogP contribution in [0, 0.1) is 10.1 Å². The molecule has 1 heterocycles. The largest absolute Gasteiger partial charge is 0.493 e. The van der Waals surface area contributed by atoms with Gasteiger partial charge in [0.25, 0.3) is 11.6 Å². The number of hydrogen-bond donors (Lipinski definition) is 0. The third-order valence-electron chi connectivity index (χ3n) is 5.12. The smallest absolute Gasteiger partial charge is 0.280 e. The molecule has 3 aromatic rings. The molecule has 0 atom stereocenters. The second-order valence-electron chi connectivity index (χ2n) is 7.29. The average Bonchev–Trinajstić information content (AvgIpc) is 3.12. The molecule has 0 saturated carbocycles. The number of methoxy groups -OCH3 is 1. The number of amides is 1. The molecule has 33 heavy (non-hydrogen) atoms. The number of ether oxygens (including phenoxy) is 2. The Morgan fingerprint density at radius 2 is 1.76 bits per heavy atom. The number of non-ortho nitro benzene ring substituents is 1. The molecule has 166 valence electrons. The van der Waals surface area contributed by atoms with Crippen molar-refractivity contribution in [2.45, 2.75) is 13.5 Å². The van der Waals surface area contributed by atoms with Crippen molar-refractivity contribution in [1.82, 2.24) is 0 Å². The summed E-state index contributed by atoms with van der Waals surface area (Å²) in [5.74, 6) is 0.735. The maximum absolute atomic E-state index is 13.1. The normalized spacial score (nSPS) is 14.4. The summed E-state index contributed by atoms with van der Waals surface area (Å²) in [5, 5.41) is 16.6. The summed E-state index contributed by atoms with van der Waals surface area (Å²) in [6.45, 7) is 1.95. The van der Waals surface area contributed by atoms with Crippen LogP contribution < -0.4 is 14.5 Å². The predicted octanol–water partition coefficient (Wildman–Crippen LogP) is 4.99. The first-order valence-electron chi connectivity index (χ1n) is 10.2. The standard InChI is InChI=1S/C25H21N3O5/c1-17-22(25(29)27(26-17)20-8-4-3-5-9-20)15-19-7-6-10-23(32-2)24(19)33-16-18-11-13-21(14-12-18)28(30)31/h3-15H,16H2,1-2H3/b22-15-. The Morgan fingerprint density at radius 3 is 2.42 bits per heavy atom. The molecule has 8 nitrogen and oxygen atoms in total. The van der Waals surface area contributed by atoms with Crippen molar-refractivity contribution in [3.05, 3.63) is 99.6 Å². The lowest BCUT2D eigenvalue weighted by Crippen LogP contribution is -2.21. The SMILES string of the molecule is COc1cccc(/C=C2\C(=O)N(c3ccccc3)N=C2C)c1OCc1ccc([N+](=O)[O-])cc1. The van der Waals surface area contributed by atoms with E-state index in [9.17, 15) is 14.9 Å². The lowest BCUT2D eigenvalue weighted by Gasteiger charge is -2.14. The van der Waals surface area contributed by atoms with E-state index in [0.29, 0.717) is 34.0 Å². The Hall–Kier alpha value is -4.46. The first kappa shape index (κ1) is 21.8. The highest BCUT2D eigenvalue weighted by atomic mass is 16.6. The van der Waals surface area contributed by atoms with Crippen LogP contribution >= 0.6 is 0 Å². The fourth-order valence-corrected chi connectivity index (χ4v) is 3.42. The number of anilines is 1. The molecule has 1 amide bonds. The summed E-state index contributed by atoms with van der Waals surface area (Å²) >= 11 is 0. The zero-order valence-electron chi connectivity index (χ0n) is 18.1. The van der Waals surface area contributed by atoms with Gasteiger partial charge in [-0.1, -0.05) is 30.3 Å². The van der Waals surface area contributed by atoms with Gasteiger partial charge < -0.3 is 9.47 Å². The Morgan fingerprint density at radius 1 is 1.03 bits per heavy atom. The number of nitro groups is 1. The van der Waals surface area contributed by atoms with Gasteiger partial charge in [0, 0.05) is 17.7 Å². The van der Waals surface area contributed by atoms with Gasteiger partial charge in [0.1, 0.15) is 6.61 Å². The summed E-state index contributed by atoms with van der Waals surface area (Å²) in [5.41, 5.74) is 3.16. The summed E-state index contributed by atoms with van der Waals surface area (Å²) in [7, 11) is 1.54. The van der Waals surface area contributed by atoms with E-state index >= 15 is 0 Å². The number of hydrazone groups is 1. The molecule has 0 bridgehead atoms. The number of nitro benzene ring substituents is 1. The zero-order valence-corrected chi connectivity index (χ0v) is 18.1. The van der Waals surface area contributed by atoms with E-state index in [1.54, 1.807) is 31.2 Å². The van der Waals surface area contributed by atoms with Crippen LogP contribution in [0.15, 0.2) is 83.5 Å². The average molecular weight is 443 g/mol. The number of hydrogen-bond acceptors (Lipinski definition) is 6. The number of benzene rings is 3. The van der Waals surface area contributed by atoms with Crippen molar-refractivity contribution in [3.8, 4) is 11.5 Å². The maximum Gasteiger partial charge on any atom is 0.280 e. The summed E-state index contributed by atoms with van der Waals surface area (Å²) in [6, 6.07) is 20.8. The van der Waals surface area contributed by atoms with Crippen molar-refractivity contribution in [1.29, 1.82) is 0 Å². The van der Waals surface area contributed by atoms with Gasteiger partial charge in [-0.2, -0.15) is 10.1 Å². The Kier molecular flexibility index (Phi) is 6.17.